The van der Waals surface area contributed by atoms with E-state index in [1.807, 2.05) is 0 Å². The van der Waals surface area contributed by atoms with Gasteiger partial charge in [0.05, 0.1) is 40.3 Å². The average molecular weight is 638 g/mol. The van der Waals surface area contributed by atoms with Crippen molar-refractivity contribution in [3.05, 3.63) is 76.8 Å². The summed E-state index contributed by atoms with van der Waals surface area (Å²) >= 11 is 5.65. The topological polar surface area (TPSA) is 118 Å². The van der Waals surface area contributed by atoms with E-state index in [0.29, 0.717) is 41.7 Å². The van der Waals surface area contributed by atoms with Gasteiger partial charge in [0.25, 0.3) is 11.7 Å². The normalized spacial score (nSPS) is 11.3. The number of alkyl halides is 3. The number of nitrogens with one attached hydrogen (secondary N) is 1. The van der Waals surface area contributed by atoms with Gasteiger partial charge in [-0.25, -0.2) is 14.4 Å². The van der Waals surface area contributed by atoms with E-state index in [0.717, 1.165) is 24.3 Å². The number of hydrogen-bond donors (Lipinski definition) is 1. The molecule has 0 aliphatic rings. The maximum absolute atomic E-state index is 15.0. The molecular formula is C29H24ClF4N3O7. The molecule has 1 heterocycles. The van der Waals surface area contributed by atoms with Crippen molar-refractivity contribution in [3.8, 4) is 23.1 Å². The van der Waals surface area contributed by atoms with Gasteiger partial charge in [-0.2, -0.15) is 13.2 Å². The van der Waals surface area contributed by atoms with Crippen LogP contribution in [0.3, 0.4) is 0 Å². The van der Waals surface area contributed by atoms with Gasteiger partial charge in [-0.3, -0.25) is 9.59 Å². The highest BCUT2D eigenvalue weighted by Crippen LogP contribution is 2.37. The summed E-state index contributed by atoms with van der Waals surface area (Å²) in [6.45, 7) is 1.11. The third-order valence-electron chi connectivity index (χ3n) is 5.89. The zero-order chi connectivity index (χ0) is 31.9. The Morgan fingerprint density at radius 3 is 2.18 bits per heavy atom. The third kappa shape index (κ3) is 7.89. The van der Waals surface area contributed by atoms with Crippen LogP contribution in [0.15, 0.2) is 54.9 Å². The number of ketones is 1. The molecule has 232 valence electrons. The van der Waals surface area contributed by atoms with Crippen molar-refractivity contribution in [2.45, 2.75) is 6.18 Å². The number of hydrogen-bond acceptors (Lipinski definition) is 9. The number of methoxy groups -OCH3 is 2. The Kier molecular flexibility index (Phi) is 10.5. The van der Waals surface area contributed by atoms with Crippen molar-refractivity contribution in [2.24, 2.45) is 0 Å². The number of Topliss-reactive ketones (excluding diaryl/α,β-unsaturated/α-hetero) is 1. The van der Waals surface area contributed by atoms with Gasteiger partial charge in [-0.05, 0) is 36.4 Å². The SMILES string of the molecule is COCCOc1cc2ncnc(Oc3ccc(C(=O)C(=O)Nc4ccc(C(F)(F)F)c(Cl)c4)c(F)c3)c2cc1OCCOC. The lowest BCUT2D eigenvalue weighted by molar-refractivity contribution is -0.137. The van der Waals surface area contributed by atoms with Gasteiger partial charge in [0.1, 0.15) is 31.1 Å². The fraction of sp³-hybridized carbons (Fsp3) is 0.241. The molecule has 0 spiro atoms. The fourth-order valence-corrected chi connectivity index (χ4v) is 4.09. The summed E-state index contributed by atoms with van der Waals surface area (Å²) in [5, 5.41) is 1.83. The van der Waals surface area contributed by atoms with Crippen LogP contribution in [0.5, 0.6) is 23.1 Å². The summed E-state index contributed by atoms with van der Waals surface area (Å²) in [5.41, 5.74) is -1.48. The van der Waals surface area contributed by atoms with Gasteiger partial charge in [0, 0.05) is 32.0 Å². The Morgan fingerprint density at radius 1 is 0.886 bits per heavy atom. The quantitative estimate of drug-likeness (QED) is 0.0802. The monoisotopic (exact) mass is 637 g/mol. The zero-order valence-corrected chi connectivity index (χ0v) is 23.9. The molecule has 44 heavy (non-hydrogen) atoms. The van der Waals surface area contributed by atoms with E-state index in [1.54, 1.807) is 12.1 Å². The molecule has 1 N–H and O–H groups in total. The van der Waals surface area contributed by atoms with Crippen LogP contribution in [0.4, 0.5) is 23.2 Å². The molecule has 0 unspecified atom stereocenters. The summed E-state index contributed by atoms with van der Waals surface area (Å²) < 4.78 is 81.1. The smallest absolute Gasteiger partial charge is 0.417 e. The van der Waals surface area contributed by atoms with Crippen LogP contribution in [0.25, 0.3) is 10.9 Å². The van der Waals surface area contributed by atoms with E-state index in [2.05, 4.69) is 15.3 Å². The van der Waals surface area contributed by atoms with Gasteiger partial charge in [0.15, 0.2) is 11.5 Å². The van der Waals surface area contributed by atoms with E-state index in [9.17, 15) is 27.2 Å². The van der Waals surface area contributed by atoms with Gasteiger partial charge >= 0.3 is 6.18 Å². The van der Waals surface area contributed by atoms with Crippen molar-refractivity contribution in [1.29, 1.82) is 0 Å². The van der Waals surface area contributed by atoms with E-state index in [1.165, 1.54) is 26.6 Å². The molecule has 0 bridgehead atoms. The molecule has 0 saturated heterocycles. The highest BCUT2D eigenvalue weighted by molar-refractivity contribution is 6.46. The number of anilines is 1. The van der Waals surface area contributed by atoms with Gasteiger partial charge in [-0.15, -0.1) is 0 Å². The first kappa shape index (κ1) is 32.4. The number of amides is 1. The zero-order valence-electron chi connectivity index (χ0n) is 23.2. The molecule has 10 nitrogen and oxygen atoms in total. The number of aromatic nitrogens is 2. The van der Waals surface area contributed by atoms with Crippen LogP contribution in [0.2, 0.25) is 5.02 Å². The Balaban J connectivity index is 1.53. The number of carbonyl (C=O) groups is 2. The van der Waals surface area contributed by atoms with E-state index in [-0.39, 0.29) is 30.5 Å². The Morgan fingerprint density at radius 2 is 1.57 bits per heavy atom. The predicted molar refractivity (Wildman–Crippen MR) is 150 cm³/mol. The van der Waals surface area contributed by atoms with Gasteiger partial charge in [0.2, 0.25) is 5.88 Å². The lowest BCUT2D eigenvalue weighted by atomic mass is 10.1. The molecule has 4 aromatic rings. The second kappa shape index (κ2) is 14.3. The van der Waals surface area contributed by atoms with Crippen LogP contribution in [-0.4, -0.2) is 62.3 Å². The minimum absolute atomic E-state index is 0.0328. The van der Waals surface area contributed by atoms with E-state index in [4.69, 9.17) is 35.3 Å². The summed E-state index contributed by atoms with van der Waals surface area (Å²) in [6.07, 6.45) is -3.48. The summed E-state index contributed by atoms with van der Waals surface area (Å²) in [6, 6.07) is 8.75. The van der Waals surface area contributed by atoms with Crippen molar-refractivity contribution in [1.82, 2.24) is 9.97 Å². The molecule has 4 rings (SSSR count). The number of carbonyl (C=O) groups excluding carboxylic acids is 2. The van der Waals surface area contributed by atoms with E-state index < -0.39 is 39.8 Å². The molecule has 0 aliphatic heterocycles. The van der Waals surface area contributed by atoms with Crippen molar-refractivity contribution >= 4 is 39.9 Å². The predicted octanol–water partition coefficient (Wildman–Crippen LogP) is 6.11. The summed E-state index contributed by atoms with van der Waals surface area (Å²) in [4.78, 5) is 33.4. The minimum atomic E-state index is -4.71. The number of ether oxygens (including phenoxy) is 5. The molecule has 1 amide bonds. The number of benzene rings is 3. The molecule has 0 radical (unpaired) electrons. The van der Waals surface area contributed by atoms with Crippen molar-refractivity contribution < 1.29 is 50.8 Å². The molecule has 0 fully saturated rings. The van der Waals surface area contributed by atoms with E-state index >= 15 is 0 Å². The van der Waals surface area contributed by atoms with Crippen LogP contribution in [-0.2, 0) is 20.4 Å². The van der Waals surface area contributed by atoms with Crippen LogP contribution >= 0.6 is 11.6 Å². The second-order valence-corrected chi connectivity index (χ2v) is 9.30. The maximum Gasteiger partial charge on any atom is 0.417 e. The fourth-order valence-electron chi connectivity index (χ4n) is 3.81. The first-order chi connectivity index (χ1) is 21.0. The number of fused-ring (bicyclic) bond motifs is 1. The Bertz CT molecular complexity index is 1670. The summed E-state index contributed by atoms with van der Waals surface area (Å²) in [7, 11) is 3.07. The Hall–Kier alpha value is -4.53. The van der Waals surface area contributed by atoms with Gasteiger partial charge < -0.3 is 29.0 Å². The number of nitrogens with zero attached hydrogens (tertiary/aromatic N) is 2. The minimum Gasteiger partial charge on any atom is -0.487 e. The standard InChI is InChI=1S/C29H24ClF4N3O7/c1-40-7-9-42-24-13-19-23(14-25(24)43-10-8-41-2)35-15-36-28(19)44-17-4-5-18(22(31)12-17)26(38)27(39)37-16-3-6-20(21(30)11-16)29(32,33)34/h3-6,11-15H,7-10H2,1-2H3,(H,37,39). The molecule has 0 atom stereocenters. The largest absolute Gasteiger partial charge is 0.487 e. The molecule has 3 aromatic carbocycles. The number of halogens is 5. The molecular weight excluding hydrogens is 614 g/mol. The third-order valence-corrected chi connectivity index (χ3v) is 6.21. The maximum atomic E-state index is 15.0. The lowest BCUT2D eigenvalue weighted by Gasteiger charge is -2.15. The summed E-state index contributed by atoms with van der Waals surface area (Å²) in [5.74, 6) is -2.96. The van der Waals surface area contributed by atoms with Gasteiger partial charge in [-0.1, -0.05) is 11.6 Å². The Labute approximate surface area is 252 Å². The molecule has 15 heteroatoms. The van der Waals surface area contributed by atoms with Crippen LogP contribution in [0.1, 0.15) is 15.9 Å². The van der Waals surface area contributed by atoms with Crippen molar-refractivity contribution in [3.63, 3.8) is 0 Å². The van der Waals surface area contributed by atoms with Crippen LogP contribution < -0.4 is 19.5 Å². The lowest BCUT2D eigenvalue weighted by Crippen LogP contribution is -2.24. The number of rotatable bonds is 13. The highest BCUT2D eigenvalue weighted by atomic mass is 35.5. The average Bonchev–Trinajstić information content (AvgIpc) is 2.97. The van der Waals surface area contributed by atoms with Crippen molar-refractivity contribution in [2.75, 3.05) is 46.0 Å². The highest BCUT2D eigenvalue weighted by Gasteiger charge is 2.33. The first-order valence-corrected chi connectivity index (χ1v) is 13.1. The molecule has 0 aliphatic carbocycles. The first-order valence-electron chi connectivity index (χ1n) is 12.7. The molecule has 0 saturated carbocycles. The second-order valence-electron chi connectivity index (χ2n) is 8.90. The molecule has 1 aromatic heterocycles. The van der Waals surface area contributed by atoms with Crippen LogP contribution in [0, 0.1) is 5.82 Å².